The predicted molar refractivity (Wildman–Crippen MR) is 37.6 cm³/mol. The van der Waals surface area contributed by atoms with Crippen molar-refractivity contribution in [3.63, 3.8) is 0 Å². The van der Waals surface area contributed by atoms with Gasteiger partial charge >= 0.3 is 0 Å². The third kappa shape index (κ3) is 0.592. The van der Waals surface area contributed by atoms with Gasteiger partial charge in [-0.3, -0.25) is 15.0 Å². The fraction of sp³-hybridized carbons (Fsp3) is 0.857. The summed E-state index contributed by atoms with van der Waals surface area (Å²) in [7, 11) is 0. The number of nitrogens with one attached hydrogen (secondary N) is 1. The Kier molecular flexibility index (Phi) is 1.01. The normalized spacial score (nSPS) is 50.6. The molecule has 2 rings (SSSR count). The molecule has 2 fully saturated rings. The predicted octanol–water partition coefficient (Wildman–Crippen LogP) is -0.421. The fourth-order valence-corrected chi connectivity index (χ4v) is 1.65. The summed E-state index contributed by atoms with van der Waals surface area (Å²) in [6.07, 6.45) is 0. The minimum absolute atomic E-state index is 0.229. The first-order valence-corrected chi connectivity index (χ1v) is 3.67. The molecule has 0 spiro atoms. The third-order valence-corrected chi connectivity index (χ3v) is 2.66. The van der Waals surface area contributed by atoms with Crippen molar-refractivity contribution < 1.29 is 4.79 Å². The quantitative estimate of drug-likeness (QED) is 0.502. The molecule has 0 saturated carbocycles. The molecule has 0 aromatic heterocycles. The van der Waals surface area contributed by atoms with Gasteiger partial charge in [0.2, 0.25) is 0 Å². The molecule has 2 heterocycles. The van der Waals surface area contributed by atoms with Crippen molar-refractivity contribution in [2.24, 2.45) is 0 Å². The van der Waals surface area contributed by atoms with Crippen LogP contribution in [0.25, 0.3) is 0 Å². The van der Waals surface area contributed by atoms with E-state index in [0.717, 1.165) is 13.1 Å². The number of carbonyl (C=O) groups is 1. The lowest BCUT2D eigenvalue weighted by molar-refractivity contribution is -0.125. The Morgan fingerprint density at radius 3 is 2.70 bits per heavy atom. The Labute approximate surface area is 60.4 Å². The van der Waals surface area contributed by atoms with E-state index < -0.39 is 0 Å². The molecule has 1 N–H and O–H groups in total. The van der Waals surface area contributed by atoms with Crippen molar-refractivity contribution in [1.82, 2.24) is 10.2 Å². The van der Waals surface area contributed by atoms with Gasteiger partial charge in [-0.1, -0.05) is 0 Å². The summed E-state index contributed by atoms with van der Waals surface area (Å²) in [5.41, 5.74) is -0.329. The maximum atomic E-state index is 11.1. The Bertz CT molecular complexity index is 192. The van der Waals surface area contributed by atoms with Gasteiger partial charge in [0, 0.05) is 19.1 Å². The van der Waals surface area contributed by atoms with E-state index in [9.17, 15) is 4.79 Å². The third-order valence-electron chi connectivity index (χ3n) is 2.66. The van der Waals surface area contributed by atoms with Gasteiger partial charge in [-0.15, -0.1) is 0 Å². The Morgan fingerprint density at radius 2 is 2.50 bits per heavy atom. The highest BCUT2D eigenvalue weighted by molar-refractivity contribution is 5.86. The molecule has 3 heteroatoms. The first kappa shape index (κ1) is 6.31. The number of fused-ring (bicyclic) bond motifs is 1. The van der Waals surface area contributed by atoms with Crippen molar-refractivity contribution >= 4 is 5.78 Å². The number of hydrogen-bond donors (Lipinski definition) is 1. The van der Waals surface area contributed by atoms with E-state index in [0.29, 0.717) is 6.04 Å². The van der Waals surface area contributed by atoms with Gasteiger partial charge in [-0.2, -0.15) is 0 Å². The molecule has 0 amide bonds. The zero-order valence-electron chi connectivity index (χ0n) is 6.35. The van der Waals surface area contributed by atoms with Crippen LogP contribution in [0.3, 0.4) is 0 Å². The second-order valence-electron chi connectivity index (χ2n) is 3.32. The summed E-state index contributed by atoms with van der Waals surface area (Å²) < 4.78 is 0. The summed E-state index contributed by atoms with van der Waals surface area (Å²) >= 11 is 0. The summed E-state index contributed by atoms with van der Waals surface area (Å²) in [5.74, 6) is 0.229. The number of carbonyl (C=O) groups excluding carboxylic acids is 1. The maximum Gasteiger partial charge on any atom is 0.164 e. The minimum Gasteiger partial charge on any atom is -0.296 e. The molecule has 2 aliphatic heterocycles. The molecular weight excluding hydrogens is 128 g/mol. The van der Waals surface area contributed by atoms with Crippen molar-refractivity contribution in [1.29, 1.82) is 0 Å². The largest absolute Gasteiger partial charge is 0.296 e. The zero-order valence-corrected chi connectivity index (χ0v) is 6.35. The van der Waals surface area contributed by atoms with Crippen LogP contribution in [-0.4, -0.2) is 35.5 Å². The molecule has 56 valence electrons. The number of Topliss-reactive ketones (excluding diaryl/α,β-unsaturated/α-hetero) is 1. The van der Waals surface area contributed by atoms with E-state index in [1.54, 1.807) is 6.92 Å². The first-order valence-electron chi connectivity index (χ1n) is 3.67. The molecule has 0 radical (unpaired) electrons. The summed E-state index contributed by atoms with van der Waals surface area (Å²) in [6.45, 7) is 5.69. The molecule has 2 aliphatic rings. The lowest BCUT2D eigenvalue weighted by Gasteiger charge is -2.24. The molecule has 3 atom stereocenters. The van der Waals surface area contributed by atoms with Gasteiger partial charge in [0.15, 0.2) is 5.78 Å². The Balaban J connectivity index is 2.21. The smallest absolute Gasteiger partial charge is 0.164 e. The van der Waals surface area contributed by atoms with Crippen LogP contribution in [0.2, 0.25) is 0 Å². The van der Waals surface area contributed by atoms with Crippen LogP contribution in [0.1, 0.15) is 13.8 Å². The standard InChI is InChI=1S/C7H12N2O/c1-5(10)7(2)8-3-6-4-9(6)7/h6,8H,3-4H2,1-2H3. The van der Waals surface area contributed by atoms with Crippen LogP contribution in [0.4, 0.5) is 0 Å². The van der Waals surface area contributed by atoms with Crippen LogP contribution >= 0.6 is 0 Å². The summed E-state index contributed by atoms with van der Waals surface area (Å²) in [4.78, 5) is 13.3. The van der Waals surface area contributed by atoms with Crippen LogP contribution in [0, 0.1) is 0 Å². The Morgan fingerprint density at radius 1 is 1.80 bits per heavy atom. The van der Waals surface area contributed by atoms with Crippen molar-refractivity contribution in [2.75, 3.05) is 13.1 Å². The average Bonchev–Trinajstić information content (AvgIpc) is 2.56. The van der Waals surface area contributed by atoms with Gasteiger partial charge in [0.25, 0.3) is 0 Å². The van der Waals surface area contributed by atoms with Crippen LogP contribution in [0.15, 0.2) is 0 Å². The molecule has 2 saturated heterocycles. The molecule has 0 aliphatic carbocycles. The molecule has 0 aromatic carbocycles. The second-order valence-corrected chi connectivity index (χ2v) is 3.32. The van der Waals surface area contributed by atoms with Crippen LogP contribution in [0.5, 0.6) is 0 Å². The lowest BCUT2D eigenvalue weighted by Crippen LogP contribution is -2.50. The van der Waals surface area contributed by atoms with E-state index in [1.807, 2.05) is 6.92 Å². The maximum absolute atomic E-state index is 11.1. The van der Waals surface area contributed by atoms with E-state index in [-0.39, 0.29) is 11.4 Å². The molecule has 0 bridgehead atoms. The van der Waals surface area contributed by atoms with Crippen LogP contribution < -0.4 is 5.32 Å². The lowest BCUT2D eigenvalue weighted by atomic mass is 10.1. The van der Waals surface area contributed by atoms with E-state index in [2.05, 4.69) is 10.2 Å². The zero-order chi connectivity index (χ0) is 7.35. The fourth-order valence-electron chi connectivity index (χ4n) is 1.65. The summed E-state index contributed by atoms with van der Waals surface area (Å²) in [6, 6.07) is 0.647. The number of ketones is 1. The van der Waals surface area contributed by atoms with Gasteiger partial charge in [0.05, 0.1) is 0 Å². The number of nitrogens with zero attached hydrogens (tertiary/aromatic N) is 1. The second kappa shape index (κ2) is 1.60. The molecular formula is C7H12N2O. The van der Waals surface area contributed by atoms with Gasteiger partial charge in [-0.25, -0.2) is 0 Å². The number of hydrogen-bond acceptors (Lipinski definition) is 3. The molecule has 10 heavy (non-hydrogen) atoms. The van der Waals surface area contributed by atoms with Crippen LogP contribution in [-0.2, 0) is 4.79 Å². The molecule has 3 nitrogen and oxygen atoms in total. The van der Waals surface area contributed by atoms with E-state index in [1.165, 1.54) is 0 Å². The van der Waals surface area contributed by atoms with Crippen molar-refractivity contribution in [3.8, 4) is 0 Å². The molecule has 3 unspecified atom stereocenters. The molecule has 0 aromatic rings. The Hall–Kier alpha value is -0.410. The highest BCUT2D eigenvalue weighted by atomic mass is 16.1. The van der Waals surface area contributed by atoms with Gasteiger partial charge < -0.3 is 0 Å². The minimum atomic E-state index is -0.329. The van der Waals surface area contributed by atoms with Crippen molar-refractivity contribution in [2.45, 2.75) is 25.6 Å². The van der Waals surface area contributed by atoms with Gasteiger partial charge in [0.1, 0.15) is 5.66 Å². The van der Waals surface area contributed by atoms with Gasteiger partial charge in [-0.05, 0) is 13.8 Å². The topological polar surface area (TPSA) is 32.1 Å². The van der Waals surface area contributed by atoms with E-state index >= 15 is 0 Å². The highest BCUT2D eigenvalue weighted by Gasteiger charge is 2.55. The highest BCUT2D eigenvalue weighted by Crippen LogP contribution is 2.33. The summed E-state index contributed by atoms with van der Waals surface area (Å²) in [5, 5.41) is 3.21. The number of rotatable bonds is 1. The SMILES string of the molecule is CC(=O)C1(C)NCC2CN21. The van der Waals surface area contributed by atoms with Crippen molar-refractivity contribution in [3.05, 3.63) is 0 Å². The monoisotopic (exact) mass is 140 g/mol. The average molecular weight is 140 g/mol. The van der Waals surface area contributed by atoms with E-state index in [4.69, 9.17) is 0 Å². The first-order chi connectivity index (χ1) is 4.64.